The zero-order valence-electron chi connectivity index (χ0n) is 15.6. The number of carbonyl (C=O) groups is 1. The summed E-state index contributed by atoms with van der Waals surface area (Å²) in [5, 5.41) is 13.6. The standard InChI is InChI=1S/C18H21F3N4O3S/c1-10(22)16-23-9-14(29-16)15(26)24-13-7-11(6-12(8-13)18(19,20)21)17(27)25-2-4-28-5-3-25/h6-10,15,24,26H,2-5,22H2,1H3. The third-order valence-electron chi connectivity index (χ3n) is 4.31. The molecule has 2 unspecified atom stereocenters. The molecule has 2 heterocycles. The van der Waals surface area contributed by atoms with Crippen molar-refractivity contribution in [1.29, 1.82) is 0 Å². The molecule has 1 aliphatic heterocycles. The molecule has 0 radical (unpaired) electrons. The van der Waals surface area contributed by atoms with Crippen LogP contribution in [0, 0.1) is 0 Å². The van der Waals surface area contributed by atoms with Crippen molar-refractivity contribution in [3.63, 3.8) is 0 Å². The van der Waals surface area contributed by atoms with Crippen LogP contribution in [0.25, 0.3) is 0 Å². The first-order valence-corrected chi connectivity index (χ1v) is 9.72. The number of rotatable bonds is 5. The lowest BCUT2D eigenvalue weighted by Crippen LogP contribution is -2.40. The van der Waals surface area contributed by atoms with E-state index in [0.717, 1.165) is 23.5 Å². The van der Waals surface area contributed by atoms with Crippen molar-refractivity contribution in [3.8, 4) is 0 Å². The van der Waals surface area contributed by atoms with Crippen LogP contribution < -0.4 is 11.1 Å². The van der Waals surface area contributed by atoms with Crippen LogP contribution in [0.5, 0.6) is 0 Å². The molecule has 2 aromatic rings. The molecule has 11 heteroatoms. The Kier molecular flexibility index (Phi) is 6.42. The zero-order chi connectivity index (χ0) is 21.2. The van der Waals surface area contributed by atoms with Crippen molar-refractivity contribution < 1.29 is 27.8 Å². The molecular formula is C18H21F3N4O3S. The number of benzene rings is 1. The van der Waals surface area contributed by atoms with Gasteiger partial charge in [0.05, 0.1) is 29.7 Å². The number of ether oxygens (including phenoxy) is 1. The van der Waals surface area contributed by atoms with Gasteiger partial charge >= 0.3 is 6.18 Å². The van der Waals surface area contributed by atoms with E-state index in [1.807, 2.05) is 0 Å². The summed E-state index contributed by atoms with van der Waals surface area (Å²) >= 11 is 1.15. The van der Waals surface area contributed by atoms with E-state index >= 15 is 0 Å². The van der Waals surface area contributed by atoms with Gasteiger partial charge in [0.15, 0.2) is 6.23 Å². The number of anilines is 1. The van der Waals surface area contributed by atoms with E-state index < -0.39 is 23.9 Å². The molecule has 158 valence electrons. The second-order valence-corrected chi connectivity index (χ2v) is 7.73. The van der Waals surface area contributed by atoms with Crippen LogP contribution in [-0.4, -0.2) is 47.2 Å². The fraction of sp³-hybridized carbons (Fsp3) is 0.444. The molecular weight excluding hydrogens is 409 g/mol. The molecule has 0 saturated carbocycles. The number of hydrogen-bond acceptors (Lipinski definition) is 7. The Labute approximate surface area is 169 Å². The molecule has 1 aliphatic rings. The number of carbonyl (C=O) groups excluding carboxylic acids is 1. The van der Waals surface area contributed by atoms with Gasteiger partial charge in [0.2, 0.25) is 0 Å². The first-order chi connectivity index (χ1) is 13.6. The molecule has 0 spiro atoms. The van der Waals surface area contributed by atoms with Crippen LogP contribution in [0.2, 0.25) is 0 Å². The number of alkyl halides is 3. The Balaban J connectivity index is 1.87. The third-order valence-corrected chi connectivity index (χ3v) is 5.56. The highest BCUT2D eigenvalue weighted by molar-refractivity contribution is 7.11. The minimum Gasteiger partial charge on any atom is -0.378 e. The van der Waals surface area contributed by atoms with Crippen molar-refractivity contribution in [2.24, 2.45) is 5.73 Å². The highest BCUT2D eigenvalue weighted by Crippen LogP contribution is 2.34. The highest BCUT2D eigenvalue weighted by Gasteiger charge is 2.33. The Morgan fingerprint density at radius 3 is 2.62 bits per heavy atom. The topological polar surface area (TPSA) is 101 Å². The van der Waals surface area contributed by atoms with Gasteiger partial charge in [-0.1, -0.05) is 0 Å². The Bertz CT molecular complexity index is 866. The van der Waals surface area contributed by atoms with E-state index in [0.29, 0.717) is 36.2 Å². The fourth-order valence-corrected chi connectivity index (χ4v) is 3.62. The van der Waals surface area contributed by atoms with Gasteiger partial charge in [0.1, 0.15) is 5.01 Å². The molecule has 1 saturated heterocycles. The minimum atomic E-state index is -4.64. The lowest BCUT2D eigenvalue weighted by molar-refractivity contribution is -0.137. The summed E-state index contributed by atoms with van der Waals surface area (Å²) in [4.78, 5) is 18.6. The molecule has 1 fully saturated rings. The normalized spacial score (nSPS) is 17.1. The molecule has 0 bridgehead atoms. The molecule has 3 rings (SSSR count). The molecule has 1 aromatic heterocycles. The Hall–Kier alpha value is -2.21. The van der Waals surface area contributed by atoms with Crippen LogP contribution in [0.4, 0.5) is 18.9 Å². The van der Waals surface area contributed by atoms with Crippen LogP contribution in [0.1, 0.15) is 45.0 Å². The summed E-state index contributed by atoms with van der Waals surface area (Å²) in [6.07, 6.45) is -4.53. The van der Waals surface area contributed by atoms with E-state index in [1.165, 1.54) is 17.2 Å². The zero-order valence-corrected chi connectivity index (χ0v) is 16.4. The maximum atomic E-state index is 13.3. The molecule has 1 amide bonds. The van der Waals surface area contributed by atoms with Crippen molar-refractivity contribution in [1.82, 2.24) is 9.88 Å². The number of morpholine rings is 1. The number of halogens is 3. The Morgan fingerprint density at radius 2 is 2.03 bits per heavy atom. The first kappa shape index (κ1) is 21.5. The van der Waals surface area contributed by atoms with Crippen LogP contribution in [-0.2, 0) is 10.9 Å². The fourth-order valence-electron chi connectivity index (χ4n) is 2.81. The number of hydrogen-bond donors (Lipinski definition) is 3. The van der Waals surface area contributed by atoms with Crippen LogP contribution in [0.15, 0.2) is 24.4 Å². The van der Waals surface area contributed by atoms with Crippen molar-refractivity contribution in [2.45, 2.75) is 25.4 Å². The molecule has 2 atom stereocenters. The number of nitrogens with two attached hydrogens (primary N) is 1. The predicted molar refractivity (Wildman–Crippen MR) is 101 cm³/mol. The van der Waals surface area contributed by atoms with Crippen LogP contribution in [0.3, 0.4) is 0 Å². The molecule has 4 N–H and O–H groups in total. The minimum absolute atomic E-state index is 0.0281. The van der Waals surface area contributed by atoms with Gasteiger partial charge in [-0.25, -0.2) is 4.98 Å². The van der Waals surface area contributed by atoms with E-state index in [-0.39, 0.29) is 17.3 Å². The van der Waals surface area contributed by atoms with Gasteiger partial charge in [-0.15, -0.1) is 11.3 Å². The summed E-state index contributed by atoms with van der Waals surface area (Å²) in [5.41, 5.74) is 4.62. The number of aliphatic hydroxyl groups is 1. The number of thiazole rings is 1. The van der Waals surface area contributed by atoms with Gasteiger partial charge in [0, 0.05) is 30.5 Å². The van der Waals surface area contributed by atoms with Gasteiger partial charge in [0.25, 0.3) is 5.91 Å². The van der Waals surface area contributed by atoms with E-state index in [9.17, 15) is 23.1 Å². The monoisotopic (exact) mass is 430 g/mol. The summed E-state index contributed by atoms with van der Waals surface area (Å²) in [6.45, 7) is 3.02. The quantitative estimate of drug-likeness (QED) is 0.631. The largest absolute Gasteiger partial charge is 0.416 e. The summed E-state index contributed by atoms with van der Waals surface area (Å²) in [5.74, 6) is -0.519. The second-order valence-electron chi connectivity index (χ2n) is 6.64. The second kappa shape index (κ2) is 8.66. The Morgan fingerprint density at radius 1 is 1.34 bits per heavy atom. The first-order valence-electron chi connectivity index (χ1n) is 8.90. The maximum Gasteiger partial charge on any atom is 0.416 e. The molecule has 29 heavy (non-hydrogen) atoms. The summed E-state index contributed by atoms with van der Waals surface area (Å²) in [6, 6.07) is 2.64. The molecule has 0 aliphatic carbocycles. The highest BCUT2D eigenvalue weighted by atomic mass is 32.1. The van der Waals surface area contributed by atoms with Gasteiger partial charge in [-0.05, 0) is 25.1 Å². The summed E-state index contributed by atoms with van der Waals surface area (Å²) in [7, 11) is 0. The van der Waals surface area contributed by atoms with Crippen molar-refractivity contribution in [3.05, 3.63) is 45.4 Å². The summed E-state index contributed by atoms with van der Waals surface area (Å²) < 4.78 is 45.2. The molecule has 1 aromatic carbocycles. The average Bonchev–Trinajstić information content (AvgIpc) is 3.18. The smallest absolute Gasteiger partial charge is 0.378 e. The predicted octanol–water partition coefficient (Wildman–Crippen LogP) is 2.76. The van der Waals surface area contributed by atoms with Gasteiger partial charge in [-0.3, -0.25) is 4.79 Å². The lowest BCUT2D eigenvalue weighted by Gasteiger charge is -2.27. The van der Waals surface area contributed by atoms with Gasteiger partial charge in [-0.2, -0.15) is 13.2 Å². The molecule has 7 nitrogen and oxygen atoms in total. The number of aliphatic hydroxyl groups excluding tert-OH is 1. The van der Waals surface area contributed by atoms with Crippen molar-refractivity contribution >= 4 is 22.9 Å². The lowest BCUT2D eigenvalue weighted by atomic mass is 10.1. The number of amides is 1. The number of aromatic nitrogens is 1. The van der Waals surface area contributed by atoms with E-state index in [4.69, 9.17) is 10.5 Å². The SMILES string of the molecule is CC(N)c1ncc(C(O)Nc2cc(C(=O)N3CCOCC3)cc(C(F)(F)F)c2)s1. The van der Waals surface area contributed by atoms with Gasteiger partial charge < -0.3 is 25.8 Å². The number of nitrogens with one attached hydrogen (secondary N) is 1. The number of nitrogens with zero attached hydrogens (tertiary/aromatic N) is 2. The average molecular weight is 430 g/mol. The van der Waals surface area contributed by atoms with E-state index in [2.05, 4.69) is 10.3 Å². The maximum absolute atomic E-state index is 13.3. The third kappa shape index (κ3) is 5.24. The van der Waals surface area contributed by atoms with Crippen LogP contribution >= 0.6 is 11.3 Å². The van der Waals surface area contributed by atoms with E-state index in [1.54, 1.807) is 6.92 Å². The van der Waals surface area contributed by atoms with Crippen molar-refractivity contribution in [2.75, 3.05) is 31.6 Å².